The zero-order valence-corrected chi connectivity index (χ0v) is 16.8. The van der Waals surface area contributed by atoms with Crippen molar-refractivity contribution in [2.45, 2.75) is 38.5 Å². The van der Waals surface area contributed by atoms with Gasteiger partial charge in [-0.15, -0.1) is 11.3 Å². The molecule has 0 aliphatic carbocycles. The Balaban J connectivity index is 1.61. The molecule has 0 radical (unpaired) electrons. The van der Waals surface area contributed by atoms with Crippen molar-refractivity contribution in [3.8, 4) is 6.07 Å². The minimum atomic E-state index is -0.0270. The molecule has 0 spiro atoms. The van der Waals surface area contributed by atoms with E-state index in [2.05, 4.69) is 11.4 Å². The second kappa shape index (κ2) is 9.47. The topological polar surface area (TPSA) is 86.1 Å². The standard InChI is InChI=1S/C21H24N4O2S/c1-2-19(26)23-9-8-18-14-28-20(24-18)17-7-4-10-25(13-17)21(27)16-6-3-5-15(11-16)12-22/h3,5-6,11,14,17H,2,4,7-10,13H2,1H3,(H,23,26). The van der Waals surface area contributed by atoms with Crippen LogP contribution < -0.4 is 5.32 Å². The molecule has 1 aliphatic heterocycles. The van der Waals surface area contributed by atoms with Crippen LogP contribution in [0.25, 0.3) is 0 Å². The lowest BCUT2D eigenvalue weighted by atomic mass is 9.97. The Morgan fingerprint density at radius 1 is 1.43 bits per heavy atom. The highest BCUT2D eigenvalue weighted by molar-refractivity contribution is 7.09. The molecule has 1 atom stereocenters. The first kappa shape index (κ1) is 20.0. The molecule has 1 N–H and O–H groups in total. The predicted molar refractivity (Wildman–Crippen MR) is 108 cm³/mol. The first-order valence-electron chi connectivity index (χ1n) is 9.61. The summed E-state index contributed by atoms with van der Waals surface area (Å²) in [4.78, 5) is 30.8. The first-order chi connectivity index (χ1) is 13.6. The molecule has 146 valence electrons. The van der Waals surface area contributed by atoms with E-state index in [1.165, 1.54) is 0 Å². The zero-order chi connectivity index (χ0) is 19.9. The van der Waals surface area contributed by atoms with E-state index in [1.54, 1.807) is 35.6 Å². The van der Waals surface area contributed by atoms with Gasteiger partial charge in [0.05, 0.1) is 22.3 Å². The third kappa shape index (κ3) is 4.96. The smallest absolute Gasteiger partial charge is 0.253 e. The SMILES string of the molecule is CCC(=O)NCCc1csc(C2CCCN(C(=O)c3cccc(C#N)c3)C2)n1. The molecule has 2 aromatic rings. The Kier molecular flexibility index (Phi) is 6.77. The van der Waals surface area contributed by atoms with Crippen LogP contribution in [-0.2, 0) is 11.2 Å². The number of carbonyl (C=O) groups is 2. The molecule has 3 rings (SSSR count). The number of thiazole rings is 1. The lowest BCUT2D eigenvalue weighted by Gasteiger charge is -2.32. The number of aromatic nitrogens is 1. The van der Waals surface area contributed by atoms with Crippen LogP contribution in [0.15, 0.2) is 29.6 Å². The van der Waals surface area contributed by atoms with Gasteiger partial charge in [0, 0.05) is 49.3 Å². The average Bonchev–Trinajstić information content (AvgIpc) is 3.22. The second-order valence-electron chi connectivity index (χ2n) is 6.91. The van der Waals surface area contributed by atoms with Crippen molar-refractivity contribution in [3.05, 3.63) is 51.5 Å². The van der Waals surface area contributed by atoms with Gasteiger partial charge in [0.25, 0.3) is 5.91 Å². The highest BCUT2D eigenvalue weighted by atomic mass is 32.1. The van der Waals surface area contributed by atoms with Crippen molar-refractivity contribution < 1.29 is 9.59 Å². The predicted octanol–water partition coefficient (Wildman–Crippen LogP) is 3.10. The van der Waals surface area contributed by atoms with E-state index in [9.17, 15) is 9.59 Å². The van der Waals surface area contributed by atoms with Crippen LogP contribution in [0.5, 0.6) is 0 Å². The number of piperidine rings is 1. The van der Waals surface area contributed by atoms with Crippen molar-refractivity contribution in [1.29, 1.82) is 5.26 Å². The lowest BCUT2D eigenvalue weighted by Crippen LogP contribution is -2.39. The summed E-state index contributed by atoms with van der Waals surface area (Å²) in [5.74, 6) is 0.263. The van der Waals surface area contributed by atoms with Crippen LogP contribution in [-0.4, -0.2) is 41.3 Å². The molecule has 2 heterocycles. The normalized spacial score (nSPS) is 16.4. The minimum absolute atomic E-state index is 0.0270. The van der Waals surface area contributed by atoms with Crippen LogP contribution in [0, 0.1) is 11.3 Å². The third-order valence-corrected chi connectivity index (χ3v) is 5.95. The molecule has 1 aromatic carbocycles. The number of hydrogen-bond donors (Lipinski definition) is 1. The fraction of sp³-hybridized carbons (Fsp3) is 0.429. The van der Waals surface area contributed by atoms with Gasteiger partial charge in [-0.1, -0.05) is 13.0 Å². The molecule has 0 bridgehead atoms. The van der Waals surface area contributed by atoms with Crippen molar-refractivity contribution in [2.24, 2.45) is 0 Å². The van der Waals surface area contributed by atoms with E-state index in [0.29, 0.717) is 30.6 Å². The molecule has 1 saturated heterocycles. The largest absolute Gasteiger partial charge is 0.356 e. The fourth-order valence-corrected chi connectivity index (χ4v) is 4.33. The maximum atomic E-state index is 12.8. The van der Waals surface area contributed by atoms with Crippen LogP contribution in [0.4, 0.5) is 0 Å². The van der Waals surface area contributed by atoms with E-state index in [-0.39, 0.29) is 17.7 Å². The summed E-state index contributed by atoms with van der Waals surface area (Å²) < 4.78 is 0. The fourth-order valence-electron chi connectivity index (χ4n) is 3.35. The van der Waals surface area contributed by atoms with Gasteiger partial charge >= 0.3 is 0 Å². The molecule has 28 heavy (non-hydrogen) atoms. The number of benzene rings is 1. The highest BCUT2D eigenvalue weighted by Crippen LogP contribution is 2.30. The van der Waals surface area contributed by atoms with Gasteiger partial charge in [0.2, 0.25) is 5.91 Å². The summed E-state index contributed by atoms with van der Waals surface area (Å²) in [6.45, 7) is 3.81. The Labute approximate surface area is 169 Å². The van der Waals surface area contributed by atoms with E-state index in [4.69, 9.17) is 10.2 Å². The summed E-state index contributed by atoms with van der Waals surface area (Å²) >= 11 is 1.63. The number of nitrogens with zero attached hydrogens (tertiary/aromatic N) is 3. The van der Waals surface area contributed by atoms with Crippen LogP contribution in [0.3, 0.4) is 0 Å². The summed E-state index contributed by atoms with van der Waals surface area (Å²) in [5.41, 5.74) is 2.05. The quantitative estimate of drug-likeness (QED) is 0.813. The van der Waals surface area contributed by atoms with Crippen LogP contribution in [0.1, 0.15) is 58.7 Å². The summed E-state index contributed by atoms with van der Waals surface area (Å²) in [5, 5.41) is 15.0. The number of carbonyl (C=O) groups excluding carboxylic acids is 2. The molecule has 1 aromatic heterocycles. The van der Waals surface area contributed by atoms with Crippen molar-refractivity contribution in [3.63, 3.8) is 0 Å². The van der Waals surface area contributed by atoms with E-state index >= 15 is 0 Å². The maximum Gasteiger partial charge on any atom is 0.253 e. The third-order valence-electron chi connectivity index (χ3n) is 4.89. The average molecular weight is 397 g/mol. The number of amides is 2. The van der Waals surface area contributed by atoms with Gasteiger partial charge in [-0.3, -0.25) is 9.59 Å². The molecule has 1 fully saturated rings. The summed E-state index contributed by atoms with van der Waals surface area (Å²) in [6.07, 6.45) is 3.17. The van der Waals surface area contributed by atoms with Gasteiger partial charge in [0.1, 0.15) is 0 Å². The lowest BCUT2D eigenvalue weighted by molar-refractivity contribution is -0.120. The monoisotopic (exact) mass is 396 g/mol. The van der Waals surface area contributed by atoms with Gasteiger partial charge in [0.15, 0.2) is 0 Å². The number of likely N-dealkylation sites (tertiary alicyclic amines) is 1. The molecule has 7 heteroatoms. The van der Waals surface area contributed by atoms with Crippen molar-refractivity contribution in [1.82, 2.24) is 15.2 Å². The van der Waals surface area contributed by atoms with Gasteiger partial charge in [-0.2, -0.15) is 5.26 Å². The Morgan fingerprint density at radius 3 is 3.07 bits per heavy atom. The summed E-state index contributed by atoms with van der Waals surface area (Å²) in [7, 11) is 0. The molecular formula is C21H24N4O2S. The number of hydrogen-bond acceptors (Lipinski definition) is 5. The maximum absolute atomic E-state index is 12.8. The van der Waals surface area contributed by atoms with E-state index in [1.807, 2.05) is 17.2 Å². The van der Waals surface area contributed by atoms with Gasteiger partial charge < -0.3 is 10.2 Å². The van der Waals surface area contributed by atoms with Crippen molar-refractivity contribution in [2.75, 3.05) is 19.6 Å². The Morgan fingerprint density at radius 2 is 2.29 bits per heavy atom. The minimum Gasteiger partial charge on any atom is -0.356 e. The van der Waals surface area contributed by atoms with Gasteiger partial charge in [-0.25, -0.2) is 4.98 Å². The number of nitrogens with one attached hydrogen (secondary N) is 1. The van der Waals surface area contributed by atoms with Crippen LogP contribution >= 0.6 is 11.3 Å². The molecular weight excluding hydrogens is 372 g/mol. The highest BCUT2D eigenvalue weighted by Gasteiger charge is 2.27. The number of rotatable bonds is 6. The molecule has 1 aliphatic rings. The van der Waals surface area contributed by atoms with Gasteiger partial charge in [-0.05, 0) is 31.0 Å². The molecule has 0 saturated carbocycles. The number of nitriles is 1. The van der Waals surface area contributed by atoms with Crippen molar-refractivity contribution >= 4 is 23.2 Å². The Bertz CT molecular complexity index is 887. The first-order valence-corrected chi connectivity index (χ1v) is 10.5. The Hall–Kier alpha value is -2.72. The second-order valence-corrected chi connectivity index (χ2v) is 7.80. The van der Waals surface area contributed by atoms with Crippen LogP contribution in [0.2, 0.25) is 0 Å². The summed E-state index contributed by atoms with van der Waals surface area (Å²) in [6, 6.07) is 8.95. The molecule has 6 nitrogen and oxygen atoms in total. The molecule has 1 unspecified atom stereocenters. The van der Waals surface area contributed by atoms with E-state index in [0.717, 1.165) is 36.5 Å². The van der Waals surface area contributed by atoms with E-state index < -0.39 is 0 Å². The zero-order valence-electron chi connectivity index (χ0n) is 16.0. The molecule has 2 amide bonds.